The molecule has 0 spiro atoms. The molecule has 28 heavy (non-hydrogen) atoms. The van der Waals surface area contributed by atoms with Crippen LogP contribution in [0, 0.1) is 19.7 Å². The summed E-state index contributed by atoms with van der Waals surface area (Å²) in [6, 6.07) is 8.10. The van der Waals surface area contributed by atoms with Gasteiger partial charge in [-0.05, 0) is 44.5 Å². The first-order chi connectivity index (χ1) is 13.3. The molecule has 0 aliphatic carbocycles. The number of aryl methyl sites for hydroxylation is 2. The van der Waals surface area contributed by atoms with Gasteiger partial charge in [-0.1, -0.05) is 12.1 Å². The highest BCUT2D eigenvalue weighted by Gasteiger charge is 2.20. The summed E-state index contributed by atoms with van der Waals surface area (Å²) in [6.45, 7) is 5.64. The average Bonchev–Trinajstić information content (AvgIpc) is 2.93. The summed E-state index contributed by atoms with van der Waals surface area (Å²) < 4.78 is 15.9. The summed E-state index contributed by atoms with van der Waals surface area (Å²) >= 11 is 0. The smallest absolute Gasteiger partial charge is 0.267 e. The van der Waals surface area contributed by atoms with Gasteiger partial charge in [0.05, 0.1) is 11.4 Å². The number of halogens is 1. The van der Waals surface area contributed by atoms with E-state index < -0.39 is 6.04 Å². The van der Waals surface area contributed by atoms with Crippen molar-refractivity contribution in [1.82, 2.24) is 24.9 Å². The number of carbonyl (C=O) groups excluding carboxylic acids is 1. The second-order valence-electron chi connectivity index (χ2n) is 6.69. The molecule has 3 aromatic rings. The van der Waals surface area contributed by atoms with Crippen LogP contribution in [0.1, 0.15) is 29.9 Å². The first-order valence-corrected chi connectivity index (χ1v) is 8.90. The lowest BCUT2D eigenvalue weighted by molar-refractivity contribution is -0.124. The van der Waals surface area contributed by atoms with Crippen molar-refractivity contribution in [3.05, 3.63) is 69.5 Å². The summed E-state index contributed by atoms with van der Waals surface area (Å²) in [5, 5.41) is 11.5. The summed E-state index contributed by atoms with van der Waals surface area (Å²) in [7, 11) is 1.84. The van der Waals surface area contributed by atoms with Gasteiger partial charge < -0.3 is 5.32 Å². The number of rotatable bonds is 5. The van der Waals surface area contributed by atoms with Crippen molar-refractivity contribution in [2.75, 3.05) is 0 Å². The van der Waals surface area contributed by atoms with Crippen LogP contribution in [-0.2, 0) is 18.4 Å². The van der Waals surface area contributed by atoms with E-state index in [1.807, 2.05) is 20.9 Å². The van der Waals surface area contributed by atoms with Gasteiger partial charge in [0.2, 0.25) is 5.91 Å². The van der Waals surface area contributed by atoms with Crippen LogP contribution in [0.5, 0.6) is 0 Å². The molecule has 2 aromatic heterocycles. The van der Waals surface area contributed by atoms with Crippen molar-refractivity contribution in [1.29, 1.82) is 0 Å². The topological polar surface area (TPSA) is 81.8 Å². The van der Waals surface area contributed by atoms with E-state index in [4.69, 9.17) is 0 Å². The zero-order valence-electron chi connectivity index (χ0n) is 16.2. The Hall–Kier alpha value is -3.29. The molecule has 0 aliphatic rings. The zero-order chi connectivity index (χ0) is 20.4. The van der Waals surface area contributed by atoms with E-state index in [0.717, 1.165) is 22.5 Å². The summed E-state index contributed by atoms with van der Waals surface area (Å²) in [5.74, 6) is -0.687. The van der Waals surface area contributed by atoms with Crippen LogP contribution >= 0.6 is 0 Å². The van der Waals surface area contributed by atoms with Gasteiger partial charge in [-0.2, -0.15) is 10.2 Å². The van der Waals surface area contributed by atoms with Crippen LogP contribution in [0.3, 0.4) is 0 Å². The number of amides is 1. The molecule has 0 unspecified atom stereocenters. The van der Waals surface area contributed by atoms with Crippen molar-refractivity contribution in [3.63, 3.8) is 0 Å². The maximum absolute atomic E-state index is 13.0. The van der Waals surface area contributed by atoms with Crippen molar-refractivity contribution in [2.24, 2.45) is 7.05 Å². The zero-order valence-corrected chi connectivity index (χ0v) is 16.2. The molecule has 1 N–H and O–H groups in total. The molecule has 3 rings (SSSR count). The fourth-order valence-electron chi connectivity index (χ4n) is 3.03. The molecule has 0 bridgehead atoms. The molecule has 1 amide bonds. The van der Waals surface area contributed by atoms with Crippen LogP contribution in [-0.4, -0.2) is 25.5 Å². The Bertz CT molecular complexity index is 1070. The Morgan fingerprint density at radius 1 is 1.14 bits per heavy atom. The number of hydrogen-bond acceptors (Lipinski definition) is 4. The standard InChI is InChI=1S/C20H22FN5O2/c1-12-19(13(2)25(4)23-12)17-9-10-18(27)26(24-17)14(3)20(28)22-11-15-5-7-16(21)8-6-15/h5-10,14H,11H2,1-4H3,(H,22,28)/t14-/m0/s1. The molecule has 2 heterocycles. The third-order valence-electron chi connectivity index (χ3n) is 4.72. The maximum Gasteiger partial charge on any atom is 0.267 e. The van der Waals surface area contributed by atoms with Crippen LogP contribution in [0.25, 0.3) is 11.3 Å². The number of hydrogen-bond donors (Lipinski definition) is 1. The normalized spacial score (nSPS) is 12.0. The largest absolute Gasteiger partial charge is 0.350 e. The van der Waals surface area contributed by atoms with Gasteiger partial charge in [-0.3, -0.25) is 14.3 Å². The van der Waals surface area contributed by atoms with Gasteiger partial charge in [-0.15, -0.1) is 0 Å². The molecule has 1 aromatic carbocycles. The van der Waals surface area contributed by atoms with Gasteiger partial charge in [0.1, 0.15) is 11.9 Å². The molecule has 0 aliphatic heterocycles. The third kappa shape index (κ3) is 3.85. The van der Waals surface area contributed by atoms with Crippen molar-refractivity contribution < 1.29 is 9.18 Å². The number of nitrogens with one attached hydrogen (secondary N) is 1. The van der Waals surface area contributed by atoms with E-state index in [9.17, 15) is 14.0 Å². The predicted octanol–water partition coefficient (Wildman–Crippen LogP) is 2.28. The Morgan fingerprint density at radius 2 is 1.82 bits per heavy atom. The SMILES string of the molecule is Cc1nn(C)c(C)c1-c1ccc(=O)n([C@@H](C)C(=O)NCc2ccc(F)cc2)n1. The van der Waals surface area contributed by atoms with E-state index >= 15 is 0 Å². The quantitative estimate of drug-likeness (QED) is 0.733. The Morgan fingerprint density at radius 3 is 2.43 bits per heavy atom. The Kier molecular flexibility index (Phi) is 5.39. The molecule has 146 valence electrons. The number of aromatic nitrogens is 4. The first kappa shape index (κ1) is 19.5. The number of carbonyl (C=O) groups is 1. The highest BCUT2D eigenvalue weighted by Crippen LogP contribution is 2.24. The molecule has 0 fully saturated rings. The summed E-state index contributed by atoms with van der Waals surface area (Å²) in [4.78, 5) is 24.8. The lowest BCUT2D eigenvalue weighted by Crippen LogP contribution is -2.36. The molecule has 7 nitrogen and oxygen atoms in total. The van der Waals surface area contributed by atoms with Crippen molar-refractivity contribution in [2.45, 2.75) is 33.4 Å². The van der Waals surface area contributed by atoms with Gasteiger partial charge in [-0.25, -0.2) is 9.07 Å². The highest BCUT2D eigenvalue weighted by atomic mass is 19.1. The van der Waals surface area contributed by atoms with Gasteiger partial charge in [0.15, 0.2) is 0 Å². The third-order valence-corrected chi connectivity index (χ3v) is 4.72. The fraction of sp³-hybridized carbons (Fsp3) is 0.300. The molecule has 8 heteroatoms. The minimum absolute atomic E-state index is 0.235. The van der Waals surface area contributed by atoms with Crippen LogP contribution in [0.4, 0.5) is 4.39 Å². The lowest BCUT2D eigenvalue weighted by atomic mass is 10.1. The Labute approximate surface area is 161 Å². The second kappa shape index (κ2) is 7.75. The highest BCUT2D eigenvalue weighted by molar-refractivity contribution is 5.79. The number of benzene rings is 1. The fourth-order valence-corrected chi connectivity index (χ4v) is 3.03. The molecule has 0 saturated carbocycles. The monoisotopic (exact) mass is 383 g/mol. The lowest BCUT2D eigenvalue weighted by Gasteiger charge is -2.15. The van der Waals surface area contributed by atoms with Gasteiger partial charge in [0, 0.05) is 30.9 Å². The van der Waals surface area contributed by atoms with E-state index in [0.29, 0.717) is 5.69 Å². The maximum atomic E-state index is 13.0. The molecule has 0 saturated heterocycles. The van der Waals surface area contributed by atoms with Crippen molar-refractivity contribution >= 4 is 5.91 Å². The second-order valence-corrected chi connectivity index (χ2v) is 6.69. The van der Waals surface area contributed by atoms with Gasteiger partial charge >= 0.3 is 0 Å². The average molecular weight is 383 g/mol. The van der Waals surface area contributed by atoms with Crippen molar-refractivity contribution in [3.8, 4) is 11.3 Å². The number of nitrogens with zero attached hydrogens (tertiary/aromatic N) is 4. The van der Waals surface area contributed by atoms with E-state index in [-0.39, 0.29) is 23.8 Å². The van der Waals surface area contributed by atoms with E-state index in [2.05, 4.69) is 15.5 Å². The van der Waals surface area contributed by atoms with E-state index in [1.165, 1.54) is 22.9 Å². The minimum Gasteiger partial charge on any atom is -0.350 e. The molecule has 1 atom stereocenters. The minimum atomic E-state index is -0.801. The first-order valence-electron chi connectivity index (χ1n) is 8.90. The van der Waals surface area contributed by atoms with Gasteiger partial charge in [0.25, 0.3) is 5.56 Å². The molecular weight excluding hydrogens is 361 g/mol. The molecule has 0 radical (unpaired) electrons. The Balaban J connectivity index is 1.82. The predicted molar refractivity (Wildman–Crippen MR) is 103 cm³/mol. The van der Waals surface area contributed by atoms with Crippen LogP contribution < -0.4 is 10.9 Å². The van der Waals surface area contributed by atoms with E-state index in [1.54, 1.807) is 29.8 Å². The summed E-state index contributed by atoms with van der Waals surface area (Å²) in [6.07, 6.45) is 0. The summed E-state index contributed by atoms with van der Waals surface area (Å²) in [5.41, 5.74) is 3.54. The van der Waals surface area contributed by atoms with Crippen LogP contribution in [0.2, 0.25) is 0 Å². The van der Waals surface area contributed by atoms with Crippen LogP contribution in [0.15, 0.2) is 41.2 Å². The molecular formula is C20H22FN5O2.